The molecule has 2 bridgehead atoms. The number of hydrogen-bond acceptors (Lipinski definition) is 2. The maximum Gasteiger partial charge on any atom is 0.0148 e. The fourth-order valence-electron chi connectivity index (χ4n) is 4.40. The molecule has 0 spiro atoms. The summed E-state index contributed by atoms with van der Waals surface area (Å²) >= 11 is 0. The molecule has 1 aliphatic carbocycles. The average molecular weight is 295 g/mol. The molecule has 21 heavy (non-hydrogen) atoms. The monoisotopic (exact) mass is 294 g/mol. The summed E-state index contributed by atoms with van der Waals surface area (Å²) in [6.07, 6.45) is 12.8. The lowest BCUT2D eigenvalue weighted by Crippen LogP contribution is -2.58. The van der Waals surface area contributed by atoms with Crippen LogP contribution in [0.5, 0.6) is 0 Å². The number of unbranched alkanes of at least 4 members (excludes halogenated alkanes) is 5. The Hall–Kier alpha value is -0.0800. The van der Waals surface area contributed by atoms with Crippen LogP contribution in [-0.2, 0) is 0 Å². The van der Waals surface area contributed by atoms with Crippen LogP contribution in [0, 0.1) is 11.8 Å². The van der Waals surface area contributed by atoms with E-state index in [1.807, 2.05) is 0 Å². The van der Waals surface area contributed by atoms with Crippen LogP contribution in [-0.4, -0.2) is 36.6 Å². The van der Waals surface area contributed by atoms with Gasteiger partial charge in [-0.25, -0.2) is 0 Å². The van der Waals surface area contributed by atoms with Crippen molar-refractivity contribution in [3.05, 3.63) is 0 Å². The second kappa shape index (κ2) is 9.15. The van der Waals surface area contributed by atoms with Gasteiger partial charge in [-0.3, -0.25) is 0 Å². The number of likely N-dealkylation sites (tertiary alicyclic amines) is 1. The highest BCUT2D eigenvalue weighted by molar-refractivity contribution is 4.95. The highest BCUT2D eigenvalue weighted by atomic mass is 15.2. The first-order valence-electron chi connectivity index (χ1n) is 9.69. The second-order valence-corrected chi connectivity index (χ2v) is 7.75. The Kier molecular flexibility index (Phi) is 7.53. The molecule has 1 aliphatic heterocycles. The maximum atomic E-state index is 3.95. The molecule has 124 valence electrons. The molecule has 1 heterocycles. The molecule has 2 nitrogen and oxygen atoms in total. The minimum absolute atomic E-state index is 0.729. The third-order valence-electron chi connectivity index (χ3n) is 5.74. The topological polar surface area (TPSA) is 15.3 Å². The van der Waals surface area contributed by atoms with Crippen molar-refractivity contribution in [1.29, 1.82) is 0 Å². The Bertz CT molecular complexity index is 263. The predicted octanol–water partition coefficient (Wildman–Crippen LogP) is 4.45. The molecule has 2 rings (SSSR count). The first kappa shape index (κ1) is 17.3. The van der Waals surface area contributed by atoms with E-state index < -0.39 is 0 Å². The molecule has 0 amide bonds. The molecule has 0 aromatic heterocycles. The van der Waals surface area contributed by atoms with E-state index >= 15 is 0 Å². The maximum absolute atomic E-state index is 3.95. The van der Waals surface area contributed by atoms with Gasteiger partial charge in [-0.15, -0.1) is 0 Å². The van der Waals surface area contributed by atoms with Gasteiger partial charge in [0.1, 0.15) is 0 Å². The molecule has 0 aromatic rings. The molecule has 1 saturated heterocycles. The van der Waals surface area contributed by atoms with Gasteiger partial charge in [-0.1, -0.05) is 45.4 Å². The van der Waals surface area contributed by atoms with Gasteiger partial charge in [0.25, 0.3) is 0 Å². The van der Waals surface area contributed by atoms with Crippen LogP contribution in [0.15, 0.2) is 0 Å². The number of nitrogens with one attached hydrogen (secondary N) is 1. The van der Waals surface area contributed by atoms with Crippen molar-refractivity contribution < 1.29 is 0 Å². The molecule has 1 saturated carbocycles. The first-order chi connectivity index (χ1) is 10.2. The summed E-state index contributed by atoms with van der Waals surface area (Å²) in [5, 5.41) is 3.95. The zero-order valence-corrected chi connectivity index (χ0v) is 14.7. The van der Waals surface area contributed by atoms with E-state index in [2.05, 4.69) is 31.0 Å². The fraction of sp³-hybridized carbons (Fsp3) is 1.00. The Morgan fingerprint density at radius 3 is 2.19 bits per heavy atom. The normalized spacial score (nSPS) is 30.0. The van der Waals surface area contributed by atoms with Gasteiger partial charge in [0.05, 0.1) is 0 Å². The molecular weight excluding hydrogens is 256 g/mol. The lowest BCUT2D eigenvalue weighted by atomic mass is 9.73. The van der Waals surface area contributed by atoms with Crippen LogP contribution in [0.2, 0.25) is 0 Å². The summed E-state index contributed by atoms with van der Waals surface area (Å²) in [6, 6.07) is 1.55. The SMILES string of the molecule is CCCCCCCCNC1C2CCCC1CN(C(C)C)C2. The van der Waals surface area contributed by atoms with Crippen LogP contribution in [0.1, 0.15) is 78.6 Å². The Morgan fingerprint density at radius 2 is 1.57 bits per heavy atom. The Balaban J connectivity index is 1.66. The Morgan fingerprint density at radius 1 is 0.952 bits per heavy atom. The average Bonchev–Trinajstić information content (AvgIpc) is 2.45. The van der Waals surface area contributed by atoms with Crippen molar-refractivity contribution in [3.63, 3.8) is 0 Å². The van der Waals surface area contributed by atoms with Crippen molar-refractivity contribution in [2.75, 3.05) is 19.6 Å². The number of rotatable bonds is 9. The largest absolute Gasteiger partial charge is 0.313 e. The summed E-state index contributed by atoms with van der Waals surface area (Å²) < 4.78 is 0. The first-order valence-corrected chi connectivity index (χ1v) is 9.69. The molecule has 2 unspecified atom stereocenters. The highest BCUT2D eigenvalue weighted by Gasteiger charge is 2.39. The lowest BCUT2D eigenvalue weighted by Gasteiger charge is -2.49. The third-order valence-corrected chi connectivity index (χ3v) is 5.74. The van der Waals surface area contributed by atoms with Crippen LogP contribution < -0.4 is 5.32 Å². The summed E-state index contributed by atoms with van der Waals surface area (Å²) in [4.78, 5) is 2.72. The minimum atomic E-state index is 0.729. The minimum Gasteiger partial charge on any atom is -0.313 e. The molecule has 2 atom stereocenters. The van der Waals surface area contributed by atoms with Crippen molar-refractivity contribution in [2.45, 2.75) is 90.6 Å². The van der Waals surface area contributed by atoms with Crippen molar-refractivity contribution in [3.8, 4) is 0 Å². The van der Waals surface area contributed by atoms with E-state index in [0.717, 1.165) is 23.9 Å². The van der Waals surface area contributed by atoms with Gasteiger partial charge in [0, 0.05) is 25.2 Å². The molecule has 0 radical (unpaired) electrons. The van der Waals surface area contributed by atoms with E-state index in [4.69, 9.17) is 0 Å². The van der Waals surface area contributed by atoms with Crippen LogP contribution >= 0.6 is 0 Å². The number of fused-ring (bicyclic) bond motifs is 2. The van der Waals surface area contributed by atoms with E-state index in [1.54, 1.807) is 0 Å². The standard InChI is InChI=1S/C19H38N2/c1-4-5-6-7-8-9-13-20-19-17-11-10-12-18(19)15-21(14-17)16(2)3/h16-20H,4-15H2,1-3H3. The predicted molar refractivity (Wildman–Crippen MR) is 92.7 cm³/mol. The third kappa shape index (κ3) is 5.25. The lowest BCUT2D eigenvalue weighted by molar-refractivity contribution is 0.0297. The van der Waals surface area contributed by atoms with E-state index in [-0.39, 0.29) is 0 Å². The summed E-state index contributed by atoms with van der Waals surface area (Å²) in [7, 11) is 0. The van der Waals surface area contributed by atoms with Gasteiger partial charge >= 0.3 is 0 Å². The van der Waals surface area contributed by atoms with Crippen LogP contribution in [0.3, 0.4) is 0 Å². The Labute approximate surface area is 133 Å². The van der Waals surface area contributed by atoms with Crippen LogP contribution in [0.4, 0.5) is 0 Å². The van der Waals surface area contributed by atoms with Gasteiger partial charge in [-0.05, 0) is 51.5 Å². The molecular formula is C19H38N2. The number of hydrogen-bond donors (Lipinski definition) is 1. The van der Waals surface area contributed by atoms with E-state index in [0.29, 0.717) is 0 Å². The van der Waals surface area contributed by atoms with Crippen molar-refractivity contribution in [1.82, 2.24) is 10.2 Å². The van der Waals surface area contributed by atoms with Gasteiger partial charge in [-0.2, -0.15) is 0 Å². The molecule has 2 heteroatoms. The number of piperidine rings is 1. The van der Waals surface area contributed by atoms with Gasteiger partial charge in [0.15, 0.2) is 0 Å². The number of nitrogens with zero attached hydrogens (tertiary/aromatic N) is 1. The molecule has 2 aliphatic rings. The second-order valence-electron chi connectivity index (χ2n) is 7.75. The fourth-order valence-corrected chi connectivity index (χ4v) is 4.40. The summed E-state index contributed by atoms with van der Waals surface area (Å²) in [6.45, 7) is 10.9. The van der Waals surface area contributed by atoms with Crippen molar-refractivity contribution in [2.24, 2.45) is 11.8 Å². The van der Waals surface area contributed by atoms with Gasteiger partial charge in [0.2, 0.25) is 0 Å². The highest BCUT2D eigenvalue weighted by Crippen LogP contribution is 2.35. The zero-order valence-electron chi connectivity index (χ0n) is 14.7. The smallest absolute Gasteiger partial charge is 0.0148 e. The molecule has 0 aromatic carbocycles. The summed E-state index contributed by atoms with van der Waals surface area (Å²) in [5.41, 5.74) is 0. The van der Waals surface area contributed by atoms with Crippen molar-refractivity contribution >= 4 is 0 Å². The molecule has 1 N–H and O–H groups in total. The van der Waals surface area contributed by atoms with Crippen LogP contribution in [0.25, 0.3) is 0 Å². The summed E-state index contributed by atoms with van der Waals surface area (Å²) in [5.74, 6) is 1.83. The zero-order chi connectivity index (χ0) is 15.1. The van der Waals surface area contributed by atoms with Gasteiger partial charge < -0.3 is 10.2 Å². The van der Waals surface area contributed by atoms with E-state index in [9.17, 15) is 0 Å². The quantitative estimate of drug-likeness (QED) is 0.632. The molecule has 2 fully saturated rings. The van der Waals surface area contributed by atoms with E-state index in [1.165, 1.54) is 77.4 Å².